The first-order valence-electron chi connectivity index (χ1n) is 5.70. The molecular weight excluding hydrogens is 188 g/mol. The van der Waals surface area contributed by atoms with Crippen molar-refractivity contribution in [3.05, 3.63) is 18.2 Å². The number of nitrogens with zero attached hydrogens (tertiary/aromatic N) is 2. The molecule has 1 heterocycles. The minimum absolute atomic E-state index is 0.294. The van der Waals surface area contributed by atoms with Gasteiger partial charge in [-0.1, -0.05) is 13.8 Å². The average molecular weight is 210 g/mol. The summed E-state index contributed by atoms with van der Waals surface area (Å²) in [7, 11) is 2.01. The van der Waals surface area contributed by atoms with Crippen LogP contribution in [-0.4, -0.2) is 21.3 Å². The van der Waals surface area contributed by atoms with Crippen LogP contribution in [0.15, 0.2) is 12.4 Å². The van der Waals surface area contributed by atoms with E-state index in [0.29, 0.717) is 18.4 Å². The van der Waals surface area contributed by atoms with Crippen LogP contribution in [0.5, 0.6) is 0 Å². The van der Waals surface area contributed by atoms with Gasteiger partial charge in [-0.25, -0.2) is 4.98 Å². The molecule has 1 aromatic rings. The van der Waals surface area contributed by atoms with Crippen LogP contribution in [0.2, 0.25) is 0 Å². The topological polar surface area (TPSA) is 38.1 Å². The first-order valence-corrected chi connectivity index (χ1v) is 5.70. The fourth-order valence-electron chi connectivity index (χ4n) is 1.92. The number of aromatic nitrogens is 2. The number of hydrogen-bond acceptors (Lipinski definition) is 2. The monoisotopic (exact) mass is 210 g/mol. The molecule has 86 valence electrons. The zero-order chi connectivity index (χ0) is 11.3. The summed E-state index contributed by atoms with van der Waals surface area (Å²) in [6, 6.07) is 0. The smallest absolute Gasteiger partial charge is 0.108 e. The highest BCUT2D eigenvalue weighted by Gasteiger charge is 2.11. The van der Waals surface area contributed by atoms with Crippen molar-refractivity contribution in [2.45, 2.75) is 33.1 Å². The van der Waals surface area contributed by atoms with Gasteiger partial charge in [0, 0.05) is 32.5 Å². The van der Waals surface area contributed by atoms with Gasteiger partial charge in [-0.2, -0.15) is 0 Å². The second-order valence-electron chi connectivity index (χ2n) is 4.67. The van der Waals surface area contributed by atoms with Gasteiger partial charge in [0.25, 0.3) is 0 Å². The zero-order valence-electron chi connectivity index (χ0n) is 9.98. The third-order valence-corrected chi connectivity index (χ3v) is 2.76. The van der Waals surface area contributed by atoms with Gasteiger partial charge in [0.05, 0.1) is 0 Å². The van der Waals surface area contributed by atoms with E-state index in [-0.39, 0.29) is 0 Å². The Morgan fingerprint density at radius 1 is 1.47 bits per heavy atom. The number of aryl methyl sites for hydroxylation is 2. The Balaban J connectivity index is 2.37. The lowest BCUT2D eigenvalue weighted by Gasteiger charge is -2.15. The van der Waals surface area contributed by atoms with Gasteiger partial charge in [0.15, 0.2) is 0 Å². The number of aliphatic hydroxyl groups excluding tert-OH is 1. The van der Waals surface area contributed by atoms with E-state index in [1.54, 1.807) is 0 Å². The standard InChI is InChI=1S/C12H22N2O/c1-10(2)8-11(9-15)4-5-12-13-6-7-14(12)3/h6-7,10-11,15H,4-5,8-9H2,1-3H3. The molecule has 1 N–H and O–H groups in total. The maximum atomic E-state index is 9.25. The Bertz CT molecular complexity index is 281. The molecule has 0 aliphatic rings. The molecule has 0 spiro atoms. The van der Waals surface area contributed by atoms with E-state index in [2.05, 4.69) is 18.8 Å². The number of aliphatic hydroxyl groups is 1. The third kappa shape index (κ3) is 4.04. The fraction of sp³-hybridized carbons (Fsp3) is 0.750. The van der Waals surface area contributed by atoms with Crippen LogP contribution in [0.1, 0.15) is 32.5 Å². The molecule has 0 bridgehead atoms. The summed E-state index contributed by atoms with van der Waals surface area (Å²) in [5.41, 5.74) is 0. The summed E-state index contributed by atoms with van der Waals surface area (Å²) in [6.07, 6.45) is 6.87. The van der Waals surface area contributed by atoms with E-state index in [0.717, 1.165) is 25.1 Å². The first-order chi connectivity index (χ1) is 7.13. The minimum atomic E-state index is 0.294. The van der Waals surface area contributed by atoms with Gasteiger partial charge >= 0.3 is 0 Å². The lowest BCUT2D eigenvalue weighted by Crippen LogP contribution is -2.11. The largest absolute Gasteiger partial charge is 0.396 e. The zero-order valence-corrected chi connectivity index (χ0v) is 9.98. The number of imidazole rings is 1. The quantitative estimate of drug-likeness (QED) is 0.780. The summed E-state index contributed by atoms with van der Waals surface area (Å²) in [4.78, 5) is 4.28. The predicted molar refractivity (Wildman–Crippen MR) is 61.6 cm³/mol. The summed E-state index contributed by atoms with van der Waals surface area (Å²) < 4.78 is 2.05. The molecule has 1 rings (SSSR count). The van der Waals surface area contributed by atoms with E-state index in [1.807, 2.05) is 24.0 Å². The van der Waals surface area contributed by atoms with Crippen LogP contribution < -0.4 is 0 Å². The Labute approximate surface area is 92.1 Å². The maximum Gasteiger partial charge on any atom is 0.108 e. The second kappa shape index (κ2) is 5.91. The van der Waals surface area contributed by atoms with Crippen molar-refractivity contribution in [1.82, 2.24) is 9.55 Å². The summed E-state index contributed by atoms with van der Waals surface area (Å²) in [5.74, 6) is 2.18. The van der Waals surface area contributed by atoms with Crippen molar-refractivity contribution in [3.63, 3.8) is 0 Å². The molecule has 0 saturated carbocycles. The Morgan fingerprint density at radius 3 is 2.67 bits per heavy atom. The highest BCUT2D eigenvalue weighted by molar-refractivity contribution is 4.91. The molecule has 0 saturated heterocycles. The molecule has 0 fully saturated rings. The molecule has 3 nitrogen and oxygen atoms in total. The number of hydrogen-bond donors (Lipinski definition) is 1. The van der Waals surface area contributed by atoms with Crippen LogP contribution in [0.4, 0.5) is 0 Å². The SMILES string of the molecule is CC(C)CC(CO)CCc1nccn1C. The maximum absolute atomic E-state index is 9.25. The van der Waals surface area contributed by atoms with E-state index >= 15 is 0 Å². The molecule has 1 aromatic heterocycles. The normalized spacial score (nSPS) is 13.4. The van der Waals surface area contributed by atoms with E-state index in [4.69, 9.17) is 0 Å². The van der Waals surface area contributed by atoms with Gasteiger partial charge in [-0.15, -0.1) is 0 Å². The van der Waals surface area contributed by atoms with E-state index in [9.17, 15) is 5.11 Å². The first kappa shape index (κ1) is 12.2. The molecule has 1 unspecified atom stereocenters. The van der Waals surface area contributed by atoms with Crippen molar-refractivity contribution in [1.29, 1.82) is 0 Å². The third-order valence-electron chi connectivity index (χ3n) is 2.76. The second-order valence-corrected chi connectivity index (χ2v) is 4.67. The van der Waals surface area contributed by atoms with Gasteiger partial charge in [0.1, 0.15) is 5.82 Å². The van der Waals surface area contributed by atoms with Crippen LogP contribution in [0.25, 0.3) is 0 Å². The van der Waals surface area contributed by atoms with E-state index < -0.39 is 0 Å². The minimum Gasteiger partial charge on any atom is -0.396 e. The molecule has 0 aliphatic carbocycles. The lowest BCUT2D eigenvalue weighted by molar-refractivity contribution is 0.197. The van der Waals surface area contributed by atoms with Crippen molar-refractivity contribution in [2.24, 2.45) is 18.9 Å². The molecule has 1 atom stereocenters. The number of rotatable bonds is 6. The van der Waals surface area contributed by atoms with Gasteiger partial charge in [0.2, 0.25) is 0 Å². The molecule has 0 amide bonds. The van der Waals surface area contributed by atoms with Crippen LogP contribution >= 0.6 is 0 Å². The Kier molecular flexibility index (Phi) is 4.82. The van der Waals surface area contributed by atoms with Crippen molar-refractivity contribution in [2.75, 3.05) is 6.61 Å². The van der Waals surface area contributed by atoms with Crippen molar-refractivity contribution >= 4 is 0 Å². The van der Waals surface area contributed by atoms with Gasteiger partial charge in [-0.3, -0.25) is 0 Å². The van der Waals surface area contributed by atoms with Gasteiger partial charge in [-0.05, 0) is 24.7 Å². The average Bonchev–Trinajstić information content (AvgIpc) is 2.58. The highest BCUT2D eigenvalue weighted by atomic mass is 16.3. The van der Waals surface area contributed by atoms with Crippen molar-refractivity contribution < 1.29 is 5.11 Å². The molecule has 0 aliphatic heterocycles. The molecule has 0 radical (unpaired) electrons. The molecule has 0 aromatic carbocycles. The lowest BCUT2D eigenvalue weighted by atomic mass is 9.93. The van der Waals surface area contributed by atoms with E-state index in [1.165, 1.54) is 0 Å². The van der Waals surface area contributed by atoms with Crippen LogP contribution in [0, 0.1) is 11.8 Å². The molecule has 15 heavy (non-hydrogen) atoms. The highest BCUT2D eigenvalue weighted by Crippen LogP contribution is 2.16. The van der Waals surface area contributed by atoms with Crippen LogP contribution in [0.3, 0.4) is 0 Å². The fourth-order valence-corrected chi connectivity index (χ4v) is 1.92. The summed E-state index contributed by atoms with van der Waals surface area (Å²) in [5, 5.41) is 9.25. The van der Waals surface area contributed by atoms with Gasteiger partial charge < -0.3 is 9.67 Å². The molecular formula is C12H22N2O. The summed E-state index contributed by atoms with van der Waals surface area (Å²) >= 11 is 0. The Hall–Kier alpha value is -0.830. The van der Waals surface area contributed by atoms with Crippen molar-refractivity contribution in [3.8, 4) is 0 Å². The predicted octanol–water partition coefficient (Wildman–Crippen LogP) is 2.01. The van der Waals surface area contributed by atoms with Crippen LogP contribution in [-0.2, 0) is 13.5 Å². The Morgan fingerprint density at radius 2 is 2.20 bits per heavy atom. The molecule has 3 heteroatoms. The summed E-state index contributed by atoms with van der Waals surface area (Å²) in [6.45, 7) is 4.69.